The van der Waals surface area contributed by atoms with Crippen LogP contribution in [0.15, 0.2) is 54.6 Å². The standard InChI is InChI=1S/C18H14N2O2/c21-10-11-5-7-14-12(9-11)6-8-16(19-14)17-13-3-1-2-4-15(13)20-18(17)22/h1-9,17,21H,10H2,(H,20,22). The summed E-state index contributed by atoms with van der Waals surface area (Å²) in [5.74, 6) is -0.404. The van der Waals surface area contributed by atoms with Crippen LogP contribution in [0, 0.1) is 0 Å². The molecule has 1 aromatic heterocycles. The van der Waals surface area contributed by atoms with Crippen LogP contribution in [0.5, 0.6) is 0 Å². The lowest BCUT2D eigenvalue weighted by molar-refractivity contribution is -0.116. The van der Waals surface area contributed by atoms with Crippen LogP contribution in [0.2, 0.25) is 0 Å². The molecule has 2 N–H and O–H groups in total. The average Bonchev–Trinajstić information content (AvgIpc) is 2.89. The maximum absolute atomic E-state index is 12.3. The molecule has 108 valence electrons. The van der Waals surface area contributed by atoms with Gasteiger partial charge in [0, 0.05) is 11.1 Å². The molecule has 4 heteroatoms. The normalized spacial score (nSPS) is 16.6. The van der Waals surface area contributed by atoms with Crippen LogP contribution in [0.3, 0.4) is 0 Å². The molecule has 22 heavy (non-hydrogen) atoms. The van der Waals surface area contributed by atoms with E-state index in [-0.39, 0.29) is 18.4 Å². The lowest BCUT2D eigenvalue weighted by Gasteiger charge is -2.10. The highest BCUT2D eigenvalue weighted by atomic mass is 16.3. The van der Waals surface area contributed by atoms with E-state index in [0.717, 1.165) is 33.4 Å². The lowest BCUT2D eigenvalue weighted by atomic mass is 9.96. The van der Waals surface area contributed by atoms with E-state index in [0.29, 0.717) is 0 Å². The number of aliphatic hydroxyl groups excluding tert-OH is 1. The number of pyridine rings is 1. The first-order valence-electron chi connectivity index (χ1n) is 7.16. The summed E-state index contributed by atoms with van der Waals surface area (Å²) in [4.78, 5) is 16.9. The van der Waals surface area contributed by atoms with Crippen molar-refractivity contribution in [3.8, 4) is 0 Å². The van der Waals surface area contributed by atoms with Crippen molar-refractivity contribution in [2.24, 2.45) is 0 Å². The SMILES string of the molecule is O=C1Nc2ccccc2C1c1ccc2cc(CO)ccc2n1. The molecule has 3 aromatic rings. The summed E-state index contributed by atoms with van der Waals surface area (Å²) in [7, 11) is 0. The predicted octanol–water partition coefficient (Wildman–Crippen LogP) is 2.81. The van der Waals surface area contributed by atoms with Gasteiger partial charge in [-0.3, -0.25) is 9.78 Å². The van der Waals surface area contributed by atoms with Gasteiger partial charge in [0.25, 0.3) is 0 Å². The van der Waals surface area contributed by atoms with Crippen molar-refractivity contribution in [1.82, 2.24) is 4.98 Å². The van der Waals surface area contributed by atoms with Crippen molar-refractivity contribution in [2.45, 2.75) is 12.5 Å². The number of rotatable bonds is 2. The second-order valence-electron chi connectivity index (χ2n) is 5.43. The molecule has 0 saturated carbocycles. The van der Waals surface area contributed by atoms with Crippen LogP contribution in [0.4, 0.5) is 5.69 Å². The Morgan fingerprint density at radius 1 is 1.09 bits per heavy atom. The summed E-state index contributed by atoms with van der Waals surface area (Å²) < 4.78 is 0. The van der Waals surface area contributed by atoms with Crippen molar-refractivity contribution in [2.75, 3.05) is 5.32 Å². The van der Waals surface area contributed by atoms with Gasteiger partial charge in [0.05, 0.1) is 17.8 Å². The summed E-state index contributed by atoms with van der Waals surface area (Å²) in [6, 6.07) is 17.2. The molecule has 2 aromatic carbocycles. The highest BCUT2D eigenvalue weighted by molar-refractivity contribution is 6.05. The molecule has 1 amide bonds. The first-order valence-corrected chi connectivity index (χ1v) is 7.16. The molecule has 0 spiro atoms. The maximum atomic E-state index is 12.3. The first-order chi connectivity index (χ1) is 10.8. The number of nitrogens with zero attached hydrogens (tertiary/aromatic N) is 1. The van der Waals surface area contributed by atoms with Gasteiger partial charge in [0.1, 0.15) is 5.92 Å². The molecular weight excluding hydrogens is 276 g/mol. The molecule has 0 radical (unpaired) electrons. The van der Waals surface area contributed by atoms with Gasteiger partial charge in [-0.1, -0.05) is 30.3 Å². The number of aliphatic hydroxyl groups is 1. The molecule has 1 atom stereocenters. The van der Waals surface area contributed by atoms with E-state index in [9.17, 15) is 9.90 Å². The Morgan fingerprint density at radius 2 is 1.95 bits per heavy atom. The zero-order valence-corrected chi connectivity index (χ0v) is 11.8. The van der Waals surface area contributed by atoms with Crippen LogP contribution in [-0.4, -0.2) is 16.0 Å². The third-order valence-corrected chi connectivity index (χ3v) is 4.05. The van der Waals surface area contributed by atoms with Gasteiger partial charge < -0.3 is 10.4 Å². The minimum absolute atomic E-state index is 0.0100. The van der Waals surface area contributed by atoms with E-state index in [1.807, 2.05) is 54.6 Å². The molecule has 2 heterocycles. The molecule has 1 aliphatic rings. The third kappa shape index (κ3) is 1.96. The van der Waals surface area contributed by atoms with Crippen LogP contribution in [0.1, 0.15) is 22.7 Å². The fraction of sp³-hybridized carbons (Fsp3) is 0.111. The summed E-state index contributed by atoms with van der Waals surface area (Å²) in [5, 5.41) is 13.1. The number of benzene rings is 2. The average molecular weight is 290 g/mol. The fourth-order valence-electron chi connectivity index (χ4n) is 2.95. The van der Waals surface area contributed by atoms with Gasteiger partial charge >= 0.3 is 0 Å². The van der Waals surface area contributed by atoms with E-state index in [2.05, 4.69) is 10.3 Å². The Morgan fingerprint density at radius 3 is 2.82 bits per heavy atom. The Bertz CT molecular complexity index is 889. The van der Waals surface area contributed by atoms with Gasteiger partial charge in [-0.15, -0.1) is 0 Å². The van der Waals surface area contributed by atoms with Crippen LogP contribution < -0.4 is 5.32 Å². The number of hydrogen-bond acceptors (Lipinski definition) is 3. The zero-order valence-electron chi connectivity index (χ0n) is 11.8. The molecular formula is C18H14N2O2. The Balaban J connectivity index is 1.83. The Labute approximate surface area is 127 Å². The number of aromatic nitrogens is 1. The Kier molecular flexibility index (Phi) is 2.91. The van der Waals surface area contributed by atoms with Crippen LogP contribution in [-0.2, 0) is 11.4 Å². The summed E-state index contributed by atoms with van der Waals surface area (Å²) >= 11 is 0. The molecule has 1 aliphatic heterocycles. The number of nitrogens with one attached hydrogen (secondary N) is 1. The van der Waals surface area contributed by atoms with E-state index < -0.39 is 0 Å². The maximum Gasteiger partial charge on any atom is 0.238 e. The van der Waals surface area contributed by atoms with Gasteiger partial charge in [-0.2, -0.15) is 0 Å². The van der Waals surface area contributed by atoms with Crippen LogP contribution in [0.25, 0.3) is 10.9 Å². The topological polar surface area (TPSA) is 62.2 Å². The number of hydrogen-bond donors (Lipinski definition) is 2. The minimum Gasteiger partial charge on any atom is -0.392 e. The molecule has 0 bridgehead atoms. The van der Waals surface area contributed by atoms with Gasteiger partial charge in [-0.05, 0) is 35.4 Å². The second-order valence-corrected chi connectivity index (χ2v) is 5.43. The molecule has 4 nitrogen and oxygen atoms in total. The summed E-state index contributed by atoms with van der Waals surface area (Å²) in [5.41, 5.74) is 4.24. The fourth-order valence-corrected chi connectivity index (χ4v) is 2.95. The first kappa shape index (κ1) is 13.0. The lowest BCUT2D eigenvalue weighted by Crippen LogP contribution is -2.14. The van der Waals surface area contributed by atoms with Crippen molar-refractivity contribution in [3.63, 3.8) is 0 Å². The number of fused-ring (bicyclic) bond motifs is 2. The number of amides is 1. The van der Waals surface area contributed by atoms with Crippen molar-refractivity contribution in [3.05, 3.63) is 71.4 Å². The van der Waals surface area contributed by atoms with E-state index in [1.54, 1.807) is 0 Å². The number of para-hydroxylation sites is 1. The van der Waals surface area contributed by atoms with Crippen LogP contribution >= 0.6 is 0 Å². The quantitative estimate of drug-likeness (QED) is 0.763. The van der Waals surface area contributed by atoms with E-state index in [1.165, 1.54) is 0 Å². The molecule has 0 fully saturated rings. The highest BCUT2D eigenvalue weighted by Crippen LogP contribution is 2.36. The van der Waals surface area contributed by atoms with E-state index in [4.69, 9.17) is 0 Å². The third-order valence-electron chi connectivity index (χ3n) is 4.05. The second kappa shape index (κ2) is 4.93. The molecule has 1 unspecified atom stereocenters. The van der Waals surface area contributed by atoms with Crippen molar-refractivity contribution < 1.29 is 9.90 Å². The predicted molar refractivity (Wildman–Crippen MR) is 84.6 cm³/mol. The number of anilines is 1. The molecule has 0 aliphatic carbocycles. The van der Waals surface area contributed by atoms with Crippen molar-refractivity contribution in [1.29, 1.82) is 0 Å². The smallest absolute Gasteiger partial charge is 0.238 e. The number of carbonyl (C=O) groups excluding carboxylic acids is 1. The highest BCUT2D eigenvalue weighted by Gasteiger charge is 2.32. The largest absolute Gasteiger partial charge is 0.392 e. The van der Waals surface area contributed by atoms with Gasteiger partial charge in [-0.25, -0.2) is 0 Å². The zero-order chi connectivity index (χ0) is 15.1. The summed E-state index contributed by atoms with van der Waals surface area (Å²) in [6.07, 6.45) is 0. The summed E-state index contributed by atoms with van der Waals surface area (Å²) in [6.45, 7) is 0.0100. The molecule has 0 saturated heterocycles. The monoisotopic (exact) mass is 290 g/mol. The minimum atomic E-state index is -0.363. The van der Waals surface area contributed by atoms with Gasteiger partial charge in [0.15, 0.2) is 0 Å². The van der Waals surface area contributed by atoms with E-state index >= 15 is 0 Å². The number of carbonyl (C=O) groups is 1. The van der Waals surface area contributed by atoms with Gasteiger partial charge in [0.2, 0.25) is 5.91 Å². The molecule has 4 rings (SSSR count). The van der Waals surface area contributed by atoms with Crippen molar-refractivity contribution >= 4 is 22.5 Å². The Hall–Kier alpha value is -2.72.